The molecule has 2 heterocycles. The number of nitrogens with one attached hydrogen (secondary N) is 1. The second-order valence-electron chi connectivity index (χ2n) is 8.89. The van der Waals surface area contributed by atoms with Gasteiger partial charge in [-0.2, -0.15) is 0 Å². The van der Waals surface area contributed by atoms with Crippen molar-refractivity contribution in [3.63, 3.8) is 0 Å². The highest BCUT2D eigenvalue weighted by molar-refractivity contribution is 5.99. The summed E-state index contributed by atoms with van der Waals surface area (Å²) in [5.74, 6) is -0.155. The summed E-state index contributed by atoms with van der Waals surface area (Å²) in [6.07, 6.45) is 12.3. The summed E-state index contributed by atoms with van der Waals surface area (Å²) >= 11 is 0. The van der Waals surface area contributed by atoms with Crippen molar-refractivity contribution in [3.8, 4) is 0 Å². The number of carbonyl (C=O) groups is 1. The fraction of sp³-hybridized carbons (Fsp3) is 0.500. The molecule has 1 aromatic carbocycles. The van der Waals surface area contributed by atoms with Crippen LogP contribution >= 0.6 is 0 Å². The number of hydrogen-bond acceptors (Lipinski definition) is 5. The first-order valence-corrected chi connectivity index (χ1v) is 11.5. The summed E-state index contributed by atoms with van der Waals surface area (Å²) in [7, 11) is 0. The molecule has 0 unspecified atom stereocenters. The van der Waals surface area contributed by atoms with E-state index in [1.54, 1.807) is 0 Å². The second kappa shape index (κ2) is 8.13. The third kappa shape index (κ3) is 3.27. The first-order chi connectivity index (χ1) is 15.1. The Labute approximate surface area is 181 Å². The molecule has 2 aliphatic heterocycles. The van der Waals surface area contributed by atoms with Crippen LogP contribution in [0.1, 0.15) is 68.1 Å². The molecule has 0 fully saturated rings. The number of unbranched alkanes of at least 4 members (excludes halogenated alkanes) is 1. The molecule has 7 heteroatoms. The Balaban J connectivity index is 1.50. The van der Waals surface area contributed by atoms with Gasteiger partial charge in [0.1, 0.15) is 0 Å². The van der Waals surface area contributed by atoms with Gasteiger partial charge in [0.05, 0.1) is 28.6 Å². The molecule has 7 nitrogen and oxygen atoms in total. The van der Waals surface area contributed by atoms with Crippen LogP contribution in [0, 0.1) is 4.91 Å². The number of allylic oxidation sites excluding steroid dienone is 2. The maximum atomic E-state index is 13.2. The van der Waals surface area contributed by atoms with E-state index in [1.807, 2.05) is 6.21 Å². The normalized spacial score (nSPS) is 19.2. The van der Waals surface area contributed by atoms with Crippen LogP contribution in [0.25, 0.3) is 17.3 Å². The highest BCUT2D eigenvalue weighted by atomic mass is 16.3. The smallest absolute Gasteiger partial charge is 0.275 e. The molecule has 1 amide bonds. The number of nitrogens with zero attached hydrogens (tertiary/aromatic N) is 2. The van der Waals surface area contributed by atoms with Crippen LogP contribution in [0.4, 0.5) is 5.69 Å². The van der Waals surface area contributed by atoms with Gasteiger partial charge in [-0.3, -0.25) is 9.79 Å². The molecule has 5 N–H and O–H groups in total. The van der Waals surface area contributed by atoms with E-state index in [1.165, 1.54) is 10.3 Å². The Bertz CT molecular complexity index is 1160. The number of nitrogens with two attached hydrogens (primary N) is 2. The predicted octanol–water partition coefficient (Wildman–Crippen LogP) is 1.24. The van der Waals surface area contributed by atoms with Crippen molar-refractivity contribution in [2.45, 2.75) is 63.8 Å². The number of benzene rings is 1. The minimum atomic E-state index is -0.529. The molecule has 0 radical (unpaired) electrons. The minimum absolute atomic E-state index is 0.155. The molecule has 162 valence electrons. The van der Waals surface area contributed by atoms with E-state index in [0.717, 1.165) is 95.6 Å². The topological polar surface area (TPSA) is 114 Å². The fourth-order valence-corrected chi connectivity index (χ4v) is 5.44. The number of nitroso groups, excluding NO2 is 1. The molecule has 1 aromatic rings. The van der Waals surface area contributed by atoms with Crippen molar-refractivity contribution in [1.82, 2.24) is 5.32 Å². The van der Waals surface area contributed by atoms with Gasteiger partial charge < -0.3 is 16.8 Å². The van der Waals surface area contributed by atoms with Gasteiger partial charge >= 0.3 is 0 Å². The maximum Gasteiger partial charge on any atom is 0.275 e. The van der Waals surface area contributed by atoms with Crippen molar-refractivity contribution in [3.05, 3.63) is 37.7 Å². The van der Waals surface area contributed by atoms with Gasteiger partial charge in [0.15, 0.2) is 0 Å². The Morgan fingerprint density at radius 2 is 2.06 bits per heavy atom. The Hall–Kier alpha value is -2.64. The van der Waals surface area contributed by atoms with Crippen LogP contribution in [-0.4, -0.2) is 36.0 Å². The van der Waals surface area contributed by atoms with Gasteiger partial charge in [-0.25, -0.2) is 0 Å². The number of carbonyl (C=O) groups excluding carboxylic acids is 1. The van der Waals surface area contributed by atoms with Crippen molar-refractivity contribution in [1.29, 1.82) is 0 Å². The summed E-state index contributed by atoms with van der Waals surface area (Å²) in [5.41, 5.74) is 18.7. The van der Waals surface area contributed by atoms with Crippen molar-refractivity contribution in [2.75, 3.05) is 13.1 Å². The van der Waals surface area contributed by atoms with E-state index in [9.17, 15) is 9.70 Å². The van der Waals surface area contributed by atoms with Gasteiger partial charge in [0, 0.05) is 39.5 Å². The lowest BCUT2D eigenvalue weighted by molar-refractivity contribution is -0.406. The van der Waals surface area contributed by atoms with Crippen LogP contribution in [-0.2, 0) is 11.2 Å². The van der Waals surface area contributed by atoms with Crippen LogP contribution in [0.15, 0.2) is 10.7 Å². The van der Waals surface area contributed by atoms with Crippen LogP contribution in [0.5, 0.6) is 0 Å². The molecule has 0 saturated heterocycles. The quantitative estimate of drug-likeness (QED) is 0.455. The Morgan fingerprint density at radius 3 is 2.90 bits per heavy atom. The Kier molecular flexibility index (Phi) is 5.32. The number of rotatable bonds is 7. The highest BCUT2D eigenvalue weighted by Gasteiger charge is 2.44. The molecular weight excluding hydrogens is 390 g/mol. The predicted molar refractivity (Wildman–Crippen MR) is 122 cm³/mol. The molecule has 5 rings (SSSR count). The van der Waals surface area contributed by atoms with Crippen LogP contribution in [0.2, 0.25) is 0 Å². The number of aliphatic imine (C=N–C) groups is 1. The monoisotopic (exact) mass is 420 g/mol. The summed E-state index contributed by atoms with van der Waals surface area (Å²) in [6, 6.07) is -0.529. The van der Waals surface area contributed by atoms with E-state index in [4.69, 9.17) is 11.5 Å². The van der Waals surface area contributed by atoms with Gasteiger partial charge in [-0.15, -0.1) is 0 Å². The lowest BCUT2D eigenvalue weighted by atomic mass is 9.88. The van der Waals surface area contributed by atoms with E-state index < -0.39 is 6.04 Å². The van der Waals surface area contributed by atoms with Crippen molar-refractivity contribution >= 4 is 35.2 Å². The first kappa shape index (κ1) is 20.3. The molecule has 31 heavy (non-hydrogen) atoms. The number of fused-ring (bicyclic) bond motifs is 7. The summed E-state index contributed by atoms with van der Waals surface area (Å²) in [6.45, 7) is 0.960. The van der Waals surface area contributed by atoms with Crippen molar-refractivity contribution < 1.29 is 9.55 Å². The standard InChI is InChI=1S/C24H29N5O2/c25-11-4-3-9-18(26)24(30)28-13-19-21-14-7-5-8-15(14)23-22(17(21)12-27-19)16-6-1-2-10-20(16)29(23)31/h7,12,18H,1-6,8-11,13,25-26H2/p+1/t18-/m0/s1. The molecule has 0 aromatic heterocycles. The van der Waals surface area contributed by atoms with Gasteiger partial charge in [0.2, 0.25) is 11.6 Å². The largest absolute Gasteiger partial charge is 0.349 e. The highest BCUT2D eigenvalue weighted by Crippen LogP contribution is 2.47. The van der Waals surface area contributed by atoms with E-state index in [0.29, 0.717) is 19.5 Å². The zero-order valence-electron chi connectivity index (χ0n) is 17.9. The molecule has 0 bridgehead atoms. The maximum absolute atomic E-state index is 13.2. The second-order valence-corrected chi connectivity index (χ2v) is 8.89. The third-order valence-electron chi connectivity index (χ3n) is 6.96. The first-order valence-electron chi connectivity index (χ1n) is 11.5. The molecule has 1 atom stereocenters. The Morgan fingerprint density at radius 1 is 1.23 bits per heavy atom. The number of hydrogen-bond donors (Lipinski definition) is 3. The van der Waals surface area contributed by atoms with Crippen molar-refractivity contribution in [2.24, 2.45) is 16.5 Å². The zero-order valence-corrected chi connectivity index (χ0v) is 17.9. The van der Waals surface area contributed by atoms with Gasteiger partial charge in [-0.1, -0.05) is 12.5 Å². The average molecular weight is 421 g/mol. The third-order valence-corrected chi connectivity index (χ3v) is 6.96. The zero-order chi connectivity index (χ0) is 21.5. The minimum Gasteiger partial charge on any atom is -0.349 e. The number of amides is 1. The van der Waals surface area contributed by atoms with E-state index in [2.05, 4.69) is 16.4 Å². The van der Waals surface area contributed by atoms with E-state index >= 15 is 0 Å². The molecular formula is C24H30N5O2+. The molecule has 2 aliphatic carbocycles. The lowest BCUT2D eigenvalue weighted by Gasteiger charge is -2.12. The van der Waals surface area contributed by atoms with Crippen LogP contribution < -0.4 is 27.2 Å². The molecule has 0 saturated carbocycles. The summed E-state index contributed by atoms with van der Waals surface area (Å²) < 4.78 is 1.20. The van der Waals surface area contributed by atoms with Gasteiger partial charge in [0.25, 0.3) is 5.69 Å². The molecule has 0 spiro atoms. The SMILES string of the molecule is NCCCC[C@H](N)C(=O)NCC1=c2c(c3c(c4c2=CCC4)[N+](=O)C2=C3CCCC2)C=N1. The fourth-order valence-electron chi connectivity index (χ4n) is 5.44. The molecule has 4 aliphatic rings. The van der Waals surface area contributed by atoms with E-state index in [-0.39, 0.29) is 5.91 Å². The van der Waals surface area contributed by atoms with Gasteiger partial charge in [-0.05, 0) is 56.7 Å². The lowest BCUT2D eigenvalue weighted by Crippen LogP contribution is -2.42. The summed E-state index contributed by atoms with van der Waals surface area (Å²) in [5, 5.41) is 5.19. The average Bonchev–Trinajstić information content (AvgIpc) is 3.48. The summed E-state index contributed by atoms with van der Waals surface area (Å²) in [4.78, 5) is 30.3. The van der Waals surface area contributed by atoms with Crippen LogP contribution in [0.3, 0.4) is 0 Å².